The molecular weight excluding hydrogens is 270 g/mol. The van der Waals surface area contributed by atoms with Crippen LogP contribution >= 0.6 is 0 Å². The van der Waals surface area contributed by atoms with Gasteiger partial charge in [-0.1, -0.05) is 0 Å². The SMILES string of the molecule is CC(=O)Nc1ccc(NC(=O)c2cccn(C)c2=O)cc1. The molecule has 6 heteroatoms. The Morgan fingerprint density at radius 1 is 1.00 bits per heavy atom. The van der Waals surface area contributed by atoms with Crippen LogP contribution in [0.15, 0.2) is 47.4 Å². The van der Waals surface area contributed by atoms with E-state index in [1.165, 1.54) is 17.6 Å². The number of rotatable bonds is 3. The third-order valence-electron chi connectivity index (χ3n) is 2.83. The smallest absolute Gasteiger partial charge is 0.263 e. The summed E-state index contributed by atoms with van der Waals surface area (Å²) in [5, 5.41) is 5.27. The van der Waals surface area contributed by atoms with E-state index in [0.29, 0.717) is 11.4 Å². The standard InChI is InChI=1S/C15H15N3O3/c1-10(19)16-11-5-7-12(8-6-11)17-14(20)13-4-3-9-18(2)15(13)21/h3-9H,1-2H3,(H,16,19)(H,17,20). The van der Waals surface area contributed by atoms with Crippen molar-refractivity contribution in [3.63, 3.8) is 0 Å². The van der Waals surface area contributed by atoms with Crippen molar-refractivity contribution in [1.29, 1.82) is 0 Å². The number of hydrogen-bond acceptors (Lipinski definition) is 3. The first kappa shape index (κ1) is 14.5. The normalized spacial score (nSPS) is 10.0. The number of carbonyl (C=O) groups excluding carboxylic acids is 2. The number of carbonyl (C=O) groups is 2. The van der Waals surface area contributed by atoms with E-state index in [0.717, 1.165) is 0 Å². The lowest BCUT2D eigenvalue weighted by Gasteiger charge is -2.07. The molecule has 0 fully saturated rings. The molecule has 0 atom stereocenters. The van der Waals surface area contributed by atoms with Gasteiger partial charge in [0.05, 0.1) is 0 Å². The van der Waals surface area contributed by atoms with Gasteiger partial charge in [-0.05, 0) is 36.4 Å². The lowest BCUT2D eigenvalue weighted by Crippen LogP contribution is -2.26. The van der Waals surface area contributed by atoms with Gasteiger partial charge in [-0.25, -0.2) is 0 Å². The van der Waals surface area contributed by atoms with Crippen LogP contribution in [0.5, 0.6) is 0 Å². The summed E-state index contributed by atoms with van der Waals surface area (Å²) in [5.74, 6) is -0.636. The molecule has 0 bridgehead atoms. The van der Waals surface area contributed by atoms with Crippen molar-refractivity contribution in [2.45, 2.75) is 6.92 Å². The summed E-state index contributed by atoms with van der Waals surface area (Å²) in [6, 6.07) is 9.74. The van der Waals surface area contributed by atoms with Crippen LogP contribution in [0.4, 0.5) is 11.4 Å². The monoisotopic (exact) mass is 285 g/mol. The van der Waals surface area contributed by atoms with Crippen LogP contribution in [0, 0.1) is 0 Å². The highest BCUT2D eigenvalue weighted by Gasteiger charge is 2.11. The average molecular weight is 285 g/mol. The molecule has 2 N–H and O–H groups in total. The highest BCUT2D eigenvalue weighted by atomic mass is 16.2. The molecule has 1 heterocycles. The van der Waals surface area contributed by atoms with Gasteiger partial charge in [0.2, 0.25) is 5.91 Å². The zero-order valence-electron chi connectivity index (χ0n) is 11.7. The molecule has 2 aromatic rings. The topological polar surface area (TPSA) is 80.2 Å². The van der Waals surface area contributed by atoms with Crippen molar-refractivity contribution in [2.75, 3.05) is 10.6 Å². The first-order chi connectivity index (χ1) is 9.97. The molecule has 6 nitrogen and oxygen atoms in total. The quantitative estimate of drug-likeness (QED) is 0.898. The molecule has 0 aliphatic carbocycles. The fraction of sp³-hybridized carbons (Fsp3) is 0.133. The van der Waals surface area contributed by atoms with E-state index in [1.807, 2.05) is 0 Å². The van der Waals surface area contributed by atoms with Crippen LogP contribution in [0.1, 0.15) is 17.3 Å². The Morgan fingerprint density at radius 3 is 2.14 bits per heavy atom. The van der Waals surface area contributed by atoms with Gasteiger partial charge in [-0.3, -0.25) is 14.4 Å². The molecular formula is C15H15N3O3. The number of hydrogen-bond donors (Lipinski definition) is 2. The second-order valence-electron chi connectivity index (χ2n) is 4.55. The highest BCUT2D eigenvalue weighted by Crippen LogP contribution is 2.14. The fourth-order valence-electron chi connectivity index (χ4n) is 1.81. The molecule has 0 saturated carbocycles. The summed E-state index contributed by atoms with van der Waals surface area (Å²) < 4.78 is 1.34. The maximum absolute atomic E-state index is 12.1. The van der Waals surface area contributed by atoms with E-state index in [9.17, 15) is 14.4 Å². The molecule has 0 unspecified atom stereocenters. The first-order valence-electron chi connectivity index (χ1n) is 6.32. The van der Waals surface area contributed by atoms with E-state index in [-0.39, 0.29) is 17.0 Å². The molecule has 2 amide bonds. The average Bonchev–Trinajstić information content (AvgIpc) is 2.43. The first-order valence-corrected chi connectivity index (χ1v) is 6.32. The molecule has 21 heavy (non-hydrogen) atoms. The summed E-state index contributed by atoms with van der Waals surface area (Å²) in [6.45, 7) is 1.42. The van der Waals surface area contributed by atoms with Gasteiger partial charge < -0.3 is 15.2 Å². The second-order valence-corrected chi connectivity index (χ2v) is 4.55. The van der Waals surface area contributed by atoms with Crippen molar-refractivity contribution in [3.8, 4) is 0 Å². The Bertz CT molecular complexity index is 733. The zero-order chi connectivity index (χ0) is 15.4. The summed E-state index contributed by atoms with van der Waals surface area (Å²) >= 11 is 0. The molecule has 2 rings (SSSR count). The molecule has 0 radical (unpaired) electrons. The van der Waals surface area contributed by atoms with Gasteiger partial charge >= 0.3 is 0 Å². The molecule has 0 spiro atoms. The van der Waals surface area contributed by atoms with Crippen molar-refractivity contribution in [2.24, 2.45) is 7.05 Å². The predicted molar refractivity (Wildman–Crippen MR) is 80.4 cm³/mol. The Hall–Kier alpha value is -2.89. The van der Waals surface area contributed by atoms with Crippen LogP contribution in [-0.4, -0.2) is 16.4 Å². The second kappa shape index (κ2) is 6.04. The maximum atomic E-state index is 12.1. The lowest BCUT2D eigenvalue weighted by molar-refractivity contribution is -0.114. The van der Waals surface area contributed by atoms with Crippen molar-refractivity contribution in [1.82, 2.24) is 4.57 Å². The Labute approximate surface area is 121 Å². The fourth-order valence-corrected chi connectivity index (χ4v) is 1.81. The number of nitrogens with one attached hydrogen (secondary N) is 2. The van der Waals surface area contributed by atoms with Gasteiger partial charge in [0.1, 0.15) is 5.56 Å². The van der Waals surface area contributed by atoms with Crippen LogP contribution in [0.2, 0.25) is 0 Å². The highest BCUT2D eigenvalue weighted by molar-refractivity contribution is 6.04. The molecule has 1 aromatic heterocycles. The summed E-state index contributed by atoms with van der Waals surface area (Å²) in [4.78, 5) is 34.8. The third-order valence-corrected chi connectivity index (χ3v) is 2.83. The lowest BCUT2D eigenvalue weighted by atomic mass is 10.2. The van der Waals surface area contributed by atoms with Gasteiger partial charge in [-0.15, -0.1) is 0 Å². The molecule has 0 aliphatic rings. The minimum Gasteiger partial charge on any atom is -0.326 e. The molecule has 0 aliphatic heterocycles. The predicted octanol–water partition coefficient (Wildman–Crippen LogP) is 1.60. The van der Waals surface area contributed by atoms with Gasteiger partial charge in [-0.2, -0.15) is 0 Å². The Kier molecular flexibility index (Phi) is 4.18. The van der Waals surface area contributed by atoms with E-state index < -0.39 is 5.91 Å². The van der Waals surface area contributed by atoms with Crippen molar-refractivity contribution < 1.29 is 9.59 Å². The minimum absolute atomic E-state index is 0.0749. The third kappa shape index (κ3) is 3.56. The van der Waals surface area contributed by atoms with Crippen LogP contribution in [-0.2, 0) is 11.8 Å². The zero-order valence-corrected chi connectivity index (χ0v) is 11.7. The van der Waals surface area contributed by atoms with Crippen molar-refractivity contribution in [3.05, 3.63) is 58.5 Å². The van der Waals surface area contributed by atoms with Gasteiger partial charge in [0, 0.05) is 31.5 Å². The van der Waals surface area contributed by atoms with Gasteiger partial charge in [0.15, 0.2) is 0 Å². The van der Waals surface area contributed by atoms with Crippen molar-refractivity contribution >= 4 is 23.2 Å². The Morgan fingerprint density at radius 2 is 1.57 bits per heavy atom. The summed E-state index contributed by atoms with van der Waals surface area (Å²) in [5.41, 5.74) is 0.895. The van der Waals surface area contributed by atoms with E-state index in [4.69, 9.17) is 0 Å². The van der Waals surface area contributed by atoms with E-state index >= 15 is 0 Å². The van der Waals surface area contributed by atoms with Gasteiger partial charge in [0.25, 0.3) is 11.5 Å². The summed E-state index contributed by atoms with van der Waals surface area (Å²) in [6.07, 6.45) is 1.58. The van der Waals surface area contributed by atoms with E-state index in [1.54, 1.807) is 43.6 Å². The minimum atomic E-state index is -0.469. The van der Waals surface area contributed by atoms with Crippen LogP contribution in [0.3, 0.4) is 0 Å². The number of aryl methyl sites for hydroxylation is 1. The summed E-state index contributed by atoms with van der Waals surface area (Å²) in [7, 11) is 1.58. The number of aromatic nitrogens is 1. The maximum Gasteiger partial charge on any atom is 0.263 e. The number of benzene rings is 1. The van der Waals surface area contributed by atoms with Crippen LogP contribution in [0.25, 0.3) is 0 Å². The van der Waals surface area contributed by atoms with E-state index in [2.05, 4.69) is 10.6 Å². The Balaban J connectivity index is 2.14. The molecule has 0 saturated heterocycles. The molecule has 108 valence electrons. The number of anilines is 2. The molecule has 1 aromatic carbocycles. The largest absolute Gasteiger partial charge is 0.326 e. The number of nitrogens with zero attached hydrogens (tertiary/aromatic N) is 1. The van der Waals surface area contributed by atoms with Crippen LogP contribution < -0.4 is 16.2 Å². The number of amides is 2. The number of pyridine rings is 1.